The fourth-order valence-electron chi connectivity index (χ4n) is 1.93. The molecule has 0 aliphatic rings. The van der Waals surface area contributed by atoms with Gasteiger partial charge in [-0.15, -0.1) is 0 Å². The third kappa shape index (κ3) is 2.30. The lowest BCUT2D eigenvalue weighted by Gasteiger charge is -2.10. The van der Waals surface area contributed by atoms with Crippen molar-refractivity contribution in [3.05, 3.63) is 53.7 Å². The molecule has 1 heterocycles. The largest absolute Gasteiger partial charge is 0.368 e. The van der Waals surface area contributed by atoms with Gasteiger partial charge < -0.3 is 11.1 Å². The molecule has 0 atom stereocenters. The number of benzene rings is 2. The van der Waals surface area contributed by atoms with Crippen molar-refractivity contribution >= 4 is 39.8 Å². The summed E-state index contributed by atoms with van der Waals surface area (Å²) in [7, 11) is 0. The zero-order valence-corrected chi connectivity index (χ0v) is 10.7. The predicted molar refractivity (Wildman–Crippen MR) is 78.7 cm³/mol. The zero-order valence-electron chi connectivity index (χ0n) is 9.97. The molecule has 0 bridgehead atoms. The van der Waals surface area contributed by atoms with Crippen LogP contribution in [0.3, 0.4) is 0 Å². The summed E-state index contributed by atoms with van der Waals surface area (Å²) < 4.78 is 0. The average Bonchev–Trinajstić information content (AvgIpc) is 2.43. The monoisotopic (exact) mass is 270 g/mol. The van der Waals surface area contributed by atoms with Gasteiger partial charge in [0.25, 0.3) is 0 Å². The smallest absolute Gasteiger partial charge is 0.222 e. The molecule has 19 heavy (non-hydrogen) atoms. The maximum Gasteiger partial charge on any atom is 0.222 e. The van der Waals surface area contributed by atoms with E-state index in [1.165, 1.54) is 6.20 Å². The van der Waals surface area contributed by atoms with Crippen LogP contribution in [0.5, 0.6) is 0 Å². The maximum absolute atomic E-state index is 6.05. The molecule has 0 radical (unpaired) electrons. The second-order valence-corrected chi connectivity index (χ2v) is 4.48. The lowest BCUT2D eigenvalue weighted by atomic mass is 10.1. The molecule has 94 valence electrons. The van der Waals surface area contributed by atoms with Crippen molar-refractivity contribution in [2.45, 2.75) is 0 Å². The Balaban J connectivity index is 2.08. The third-order valence-electron chi connectivity index (χ3n) is 2.81. The molecule has 0 fully saturated rings. The van der Waals surface area contributed by atoms with Gasteiger partial charge in [-0.3, -0.25) is 0 Å². The van der Waals surface area contributed by atoms with Gasteiger partial charge in [-0.2, -0.15) is 4.98 Å². The van der Waals surface area contributed by atoms with E-state index in [-0.39, 0.29) is 5.95 Å². The summed E-state index contributed by atoms with van der Waals surface area (Å²) in [5, 5.41) is 5.87. The summed E-state index contributed by atoms with van der Waals surface area (Å²) >= 11 is 6.05. The highest BCUT2D eigenvalue weighted by Gasteiger charge is 2.06. The van der Waals surface area contributed by atoms with Crippen LogP contribution in [0.15, 0.2) is 48.7 Å². The van der Waals surface area contributed by atoms with Crippen LogP contribution < -0.4 is 11.1 Å². The van der Waals surface area contributed by atoms with Crippen LogP contribution in [0.1, 0.15) is 0 Å². The molecule has 0 saturated heterocycles. The lowest BCUT2D eigenvalue weighted by Crippen LogP contribution is -2.00. The number of aromatic nitrogens is 2. The van der Waals surface area contributed by atoms with E-state index in [1.807, 2.05) is 30.3 Å². The second kappa shape index (κ2) is 4.74. The standard InChI is InChI=1S/C14H11ClN4/c15-11-8-17-14(16)19-13(11)18-12-7-3-5-9-4-1-2-6-10(9)12/h1-8H,(H3,16,17,18,19). The molecule has 5 heteroatoms. The Morgan fingerprint density at radius 1 is 1.05 bits per heavy atom. The first-order chi connectivity index (χ1) is 9.24. The Bertz CT molecular complexity index is 737. The number of hydrogen-bond donors (Lipinski definition) is 2. The van der Waals surface area contributed by atoms with Crippen molar-refractivity contribution in [2.24, 2.45) is 0 Å². The van der Waals surface area contributed by atoms with Gasteiger partial charge in [-0.05, 0) is 11.5 Å². The Morgan fingerprint density at radius 2 is 1.84 bits per heavy atom. The fourth-order valence-corrected chi connectivity index (χ4v) is 2.07. The topological polar surface area (TPSA) is 63.8 Å². The highest BCUT2D eigenvalue weighted by Crippen LogP contribution is 2.28. The molecule has 3 aromatic rings. The Labute approximate surface area is 115 Å². The molecule has 3 N–H and O–H groups in total. The van der Waals surface area contributed by atoms with E-state index in [9.17, 15) is 0 Å². The van der Waals surface area contributed by atoms with Gasteiger partial charge >= 0.3 is 0 Å². The van der Waals surface area contributed by atoms with E-state index in [4.69, 9.17) is 17.3 Å². The van der Waals surface area contributed by atoms with Crippen LogP contribution in [0, 0.1) is 0 Å². The molecule has 0 aliphatic heterocycles. The second-order valence-electron chi connectivity index (χ2n) is 4.08. The quantitative estimate of drug-likeness (QED) is 0.747. The Hall–Kier alpha value is -2.33. The molecule has 0 amide bonds. The van der Waals surface area contributed by atoms with Crippen LogP contribution in [0.25, 0.3) is 10.8 Å². The number of fused-ring (bicyclic) bond motifs is 1. The molecule has 1 aromatic heterocycles. The normalized spacial score (nSPS) is 10.6. The van der Waals surface area contributed by atoms with E-state index in [0.29, 0.717) is 10.8 Å². The molecule has 2 aromatic carbocycles. The van der Waals surface area contributed by atoms with E-state index in [1.54, 1.807) is 0 Å². The number of nitrogens with two attached hydrogens (primary N) is 1. The third-order valence-corrected chi connectivity index (χ3v) is 3.08. The van der Waals surface area contributed by atoms with Crippen molar-refractivity contribution in [2.75, 3.05) is 11.1 Å². The Morgan fingerprint density at radius 3 is 2.74 bits per heavy atom. The first-order valence-corrected chi connectivity index (χ1v) is 6.14. The molecule has 0 aliphatic carbocycles. The average molecular weight is 271 g/mol. The van der Waals surface area contributed by atoms with Crippen LogP contribution in [0.4, 0.5) is 17.5 Å². The summed E-state index contributed by atoms with van der Waals surface area (Å²) in [6.45, 7) is 0. The molecule has 0 unspecified atom stereocenters. The zero-order chi connectivity index (χ0) is 13.2. The molecule has 0 spiro atoms. The fraction of sp³-hybridized carbons (Fsp3) is 0. The van der Waals surface area contributed by atoms with Crippen LogP contribution in [-0.2, 0) is 0 Å². The van der Waals surface area contributed by atoms with E-state index in [0.717, 1.165) is 16.5 Å². The highest BCUT2D eigenvalue weighted by molar-refractivity contribution is 6.33. The van der Waals surface area contributed by atoms with E-state index >= 15 is 0 Å². The minimum Gasteiger partial charge on any atom is -0.368 e. The molecule has 3 rings (SSSR count). The number of rotatable bonds is 2. The number of nitrogens with zero attached hydrogens (tertiary/aromatic N) is 2. The minimum atomic E-state index is 0.187. The highest BCUT2D eigenvalue weighted by atomic mass is 35.5. The number of nitrogen functional groups attached to an aromatic ring is 1. The molecule has 4 nitrogen and oxygen atoms in total. The van der Waals surface area contributed by atoms with Crippen LogP contribution in [-0.4, -0.2) is 9.97 Å². The SMILES string of the molecule is Nc1ncc(Cl)c(Nc2cccc3ccccc23)n1. The maximum atomic E-state index is 6.05. The molecular weight excluding hydrogens is 260 g/mol. The number of nitrogens with one attached hydrogen (secondary N) is 1. The van der Waals surface area contributed by atoms with Crippen molar-refractivity contribution in [3.63, 3.8) is 0 Å². The Kier molecular flexibility index (Phi) is 2.93. The van der Waals surface area contributed by atoms with Crippen molar-refractivity contribution in [1.29, 1.82) is 0 Å². The van der Waals surface area contributed by atoms with Crippen molar-refractivity contribution in [1.82, 2.24) is 9.97 Å². The molecule has 0 saturated carbocycles. The summed E-state index contributed by atoms with van der Waals surface area (Å²) in [5.41, 5.74) is 6.50. The summed E-state index contributed by atoms with van der Waals surface area (Å²) in [4.78, 5) is 7.94. The van der Waals surface area contributed by atoms with Gasteiger partial charge in [0.1, 0.15) is 5.02 Å². The minimum absolute atomic E-state index is 0.187. The summed E-state index contributed by atoms with van der Waals surface area (Å²) in [5.74, 6) is 0.692. The van der Waals surface area contributed by atoms with Crippen molar-refractivity contribution in [3.8, 4) is 0 Å². The van der Waals surface area contributed by atoms with E-state index < -0.39 is 0 Å². The van der Waals surface area contributed by atoms with Crippen molar-refractivity contribution < 1.29 is 0 Å². The number of anilines is 3. The van der Waals surface area contributed by atoms with Gasteiger partial charge in [-0.25, -0.2) is 4.98 Å². The van der Waals surface area contributed by atoms with Crippen LogP contribution in [0.2, 0.25) is 5.02 Å². The number of halogens is 1. The summed E-state index contributed by atoms with van der Waals surface area (Å²) in [6, 6.07) is 14.1. The van der Waals surface area contributed by atoms with Gasteiger partial charge in [0.15, 0.2) is 5.82 Å². The van der Waals surface area contributed by atoms with Gasteiger partial charge in [0, 0.05) is 11.1 Å². The van der Waals surface area contributed by atoms with E-state index in [2.05, 4.69) is 27.4 Å². The first kappa shape index (κ1) is 11.7. The molecular formula is C14H11ClN4. The van der Waals surface area contributed by atoms with Gasteiger partial charge in [-0.1, -0.05) is 48.0 Å². The van der Waals surface area contributed by atoms with Gasteiger partial charge in [0.05, 0.1) is 6.20 Å². The van der Waals surface area contributed by atoms with Crippen LogP contribution >= 0.6 is 11.6 Å². The number of hydrogen-bond acceptors (Lipinski definition) is 4. The lowest BCUT2D eigenvalue weighted by molar-refractivity contribution is 1.19. The summed E-state index contributed by atoms with van der Waals surface area (Å²) in [6.07, 6.45) is 1.48. The van der Waals surface area contributed by atoms with Gasteiger partial charge in [0.2, 0.25) is 5.95 Å². The predicted octanol–water partition coefficient (Wildman–Crippen LogP) is 3.61. The first-order valence-electron chi connectivity index (χ1n) is 5.77.